The molecule has 6 nitrogen and oxygen atoms in total. The smallest absolute Gasteiger partial charge is 0.227 e. The van der Waals surface area contributed by atoms with Gasteiger partial charge in [0, 0.05) is 54.8 Å². The lowest BCUT2D eigenvalue weighted by Gasteiger charge is -2.26. The summed E-state index contributed by atoms with van der Waals surface area (Å²) in [6, 6.07) is 10.1. The topological polar surface area (TPSA) is 67.3 Å². The molecule has 5 rings (SSSR count). The molecule has 0 spiro atoms. The lowest BCUT2D eigenvalue weighted by molar-refractivity contribution is -0.119. The van der Waals surface area contributed by atoms with Crippen LogP contribution in [0.3, 0.4) is 0 Å². The molecule has 31 heavy (non-hydrogen) atoms. The van der Waals surface area contributed by atoms with Gasteiger partial charge in [-0.25, -0.2) is 9.97 Å². The molecular weight excluding hydrogens is 408 g/mol. The van der Waals surface area contributed by atoms with Gasteiger partial charge in [0.25, 0.3) is 0 Å². The minimum absolute atomic E-state index is 0.263. The van der Waals surface area contributed by atoms with Crippen molar-refractivity contribution in [2.24, 2.45) is 0 Å². The quantitative estimate of drug-likeness (QED) is 0.609. The highest BCUT2D eigenvalue weighted by Gasteiger charge is 2.19. The first-order valence-electron chi connectivity index (χ1n) is 10.8. The number of ketones is 1. The second-order valence-corrected chi connectivity index (χ2v) is 9.07. The first-order valence-corrected chi connectivity index (χ1v) is 11.7. The molecule has 0 saturated carbocycles. The molecule has 0 amide bonds. The van der Waals surface area contributed by atoms with E-state index in [1.165, 1.54) is 16.0 Å². The first-order chi connectivity index (χ1) is 15.2. The minimum atomic E-state index is 0.263. The van der Waals surface area contributed by atoms with Gasteiger partial charge in [-0.1, -0.05) is 12.1 Å². The summed E-state index contributed by atoms with van der Waals surface area (Å²) >= 11 is 1.80. The molecule has 1 N–H and O–H groups in total. The zero-order valence-electron chi connectivity index (χ0n) is 17.5. The van der Waals surface area contributed by atoms with Gasteiger partial charge in [0.05, 0.1) is 18.9 Å². The SMILES string of the molecule is O=C(CCN1CCOCC1)Cc1cccc(Nc2ncc3c(n2)-c2ccsc2CC3)c1. The maximum atomic E-state index is 12.5. The van der Waals surface area contributed by atoms with Gasteiger partial charge in [0.1, 0.15) is 5.78 Å². The highest BCUT2D eigenvalue weighted by molar-refractivity contribution is 7.10. The summed E-state index contributed by atoms with van der Waals surface area (Å²) in [6.45, 7) is 4.18. The van der Waals surface area contributed by atoms with Gasteiger partial charge >= 0.3 is 0 Å². The van der Waals surface area contributed by atoms with Crippen molar-refractivity contribution < 1.29 is 9.53 Å². The molecule has 1 aliphatic heterocycles. The lowest BCUT2D eigenvalue weighted by atomic mass is 9.96. The molecule has 3 aromatic rings. The van der Waals surface area contributed by atoms with E-state index in [1.54, 1.807) is 11.3 Å². The molecule has 0 atom stereocenters. The minimum Gasteiger partial charge on any atom is -0.379 e. The molecular formula is C24H26N4O2S. The van der Waals surface area contributed by atoms with Crippen LogP contribution >= 0.6 is 11.3 Å². The van der Waals surface area contributed by atoms with E-state index in [0.29, 0.717) is 18.8 Å². The van der Waals surface area contributed by atoms with E-state index >= 15 is 0 Å². The van der Waals surface area contributed by atoms with E-state index in [-0.39, 0.29) is 5.78 Å². The number of fused-ring (bicyclic) bond motifs is 3. The van der Waals surface area contributed by atoms with Crippen molar-refractivity contribution in [2.75, 3.05) is 38.2 Å². The predicted octanol–water partition coefficient (Wildman–Crippen LogP) is 3.88. The Bertz CT molecular complexity index is 1070. The van der Waals surface area contributed by atoms with Crippen LogP contribution in [0.2, 0.25) is 0 Å². The van der Waals surface area contributed by atoms with Crippen LogP contribution in [0.15, 0.2) is 41.9 Å². The number of aryl methyl sites for hydroxylation is 2. The highest BCUT2D eigenvalue weighted by Crippen LogP contribution is 2.35. The number of thiophene rings is 1. The van der Waals surface area contributed by atoms with E-state index in [4.69, 9.17) is 9.72 Å². The van der Waals surface area contributed by atoms with Crippen LogP contribution in [-0.2, 0) is 28.8 Å². The number of benzene rings is 1. The van der Waals surface area contributed by atoms with Crippen LogP contribution < -0.4 is 5.32 Å². The fourth-order valence-electron chi connectivity index (χ4n) is 4.19. The van der Waals surface area contributed by atoms with Gasteiger partial charge in [0.2, 0.25) is 5.95 Å². The second-order valence-electron chi connectivity index (χ2n) is 8.07. The van der Waals surface area contributed by atoms with Crippen LogP contribution in [0.1, 0.15) is 22.4 Å². The summed E-state index contributed by atoms with van der Waals surface area (Å²) < 4.78 is 5.36. The Hall–Kier alpha value is -2.61. The maximum Gasteiger partial charge on any atom is 0.227 e. The van der Waals surface area contributed by atoms with E-state index in [1.807, 2.05) is 30.5 Å². The van der Waals surface area contributed by atoms with Crippen molar-refractivity contribution in [3.8, 4) is 11.3 Å². The number of carbonyl (C=O) groups is 1. The van der Waals surface area contributed by atoms with Crippen molar-refractivity contribution in [3.63, 3.8) is 0 Å². The average Bonchev–Trinajstić information content (AvgIpc) is 3.28. The summed E-state index contributed by atoms with van der Waals surface area (Å²) in [5, 5.41) is 5.46. The first kappa shape index (κ1) is 20.3. The summed E-state index contributed by atoms with van der Waals surface area (Å²) in [5.74, 6) is 0.854. The largest absolute Gasteiger partial charge is 0.379 e. The summed E-state index contributed by atoms with van der Waals surface area (Å²) in [5.41, 5.74) is 5.39. The number of nitrogens with one attached hydrogen (secondary N) is 1. The molecule has 160 valence electrons. The number of hydrogen-bond acceptors (Lipinski definition) is 7. The fourth-order valence-corrected chi connectivity index (χ4v) is 5.07. The lowest BCUT2D eigenvalue weighted by Crippen LogP contribution is -2.37. The Balaban J connectivity index is 1.23. The van der Waals surface area contributed by atoms with Gasteiger partial charge in [-0.15, -0.1) is 11.3 Å². The van der Waals surface area contributed by atoms with Gasteiger partial charge in [-0.2, -0.15) is 0 Å². The summed E-state index contributed by atoms with van der Waals surface area (Å²) in [4.78, 5) is 25.5. The Morgan fingerprint density at radius 3 is 3.00 bits per heavy atom. The Kier molecular flexibility index (Phi) is 6.06. The van der Waals surface area contributed by atoms with Gasteiger partial charge in [-0.05, 0) is 47.5 Å². The van der Waals surface area contributed by atoms with Crippen LogP contribution in [0.5, 0.6) is 0 Å². The zero-order valence-corrected chi connectivity index (χ0v) is 18.3. The number of Topliss-reactive ketones (excluding diaryl/α,β-unsaturated/α-hetero) is 1. The Labute approximate surface area is 186 Å². The van der Waals surface area contributed by atoms with Crippen molar-refractivity contribution in [2.45, 2.75) is 25.7 Å². The van der Waals surface area contributed by atoms with Crippen LogP contribution in [0, 0.1) is 0 Å². The number of hydrogen-bond donors (Lipinski definition) is 1. The van der Waals surface area contributed by atoms with E-state index in [2.05, 4.69) is 26.6 Å². The molecule has 0 bridgehead atoms. The predicted molar refractivity (Wildman–Crippen MR) is 123 cm³/mol. The van der Waals surface area contributed by atoms with Crippen molar-refractivity contribution >= 4 is 28.8 Å². The van der Waals surface area contributed by atoms with E-state index in [9.17, 15) is 4.79 Å². The molecule has 2 aliphatic rings. The van der Waals surface area contributed by atoms with Crippen LogP contribution in [-0.4, -0.2) is 53.5 Å². The number of rotatable bonds is 7. The van der Waals surface area contributed by atoms with Crippen molar-refractivity contribution in [1.82, 2.24) is 14.9 Å². The number of nitrogens with zero attached hydrogens (tertiary/aromatic N) is 3. The number of anilines is 2. The standard InChI is InChI=1S/C24H26N4O2S/c29-20(6-8-28-9-11-30-12-10-28)15-17-2-1-3-19(14-17)26-24-25-16-18-4-5-22-21(7-13-31-22)23(18)27-24/h1-3,7,13-14,16H,4-6,8-12,15H2,(H,25,26,27). The Morgan fingerprint density at radius 1 is 1.19 bits per heavy atom. The molecule has 1 aromatic carbocycles. The molecule has 7 heteroatoms. The Morgan fingerprint density at radius 2 is 2.10 bits per heavy atom. The number of carbonyl (C=O) groups excluding carboxylic acids is 1. The molecule has 3 heterocycles. The molecule has 1 aliphatic carbocycles. The third-order valence-corrected chi connectivity index (χ3v) is 6.86. The fraction of sp³-hybridized carbons (Fsp3) is 0.375. The molecule has 2 aromatic heterocycles. The zero-order chi connectivity index (χ0) is 21.0. The third-order valence-electron chi connectivity index (χ3n) is 5.88. The molecule has 1 fully saturated rings. The molecule has 0 unspecified atom stereocenters. The number of ether oxygens (including phenoxy) is 1. The van der Waals surface area contributed by atoms with Crippen LogP contribution in [0.25, 0.3) is 11.3 Å². The van der Waals surface area contributed by atoms with Gasteiger partial charge in [0.15, 0.2) is 0 Å². The summed E-state index contributed by atoms with van der Waals surface area (Å²) in [6.07, 6.45) is 5.02. The second kappa shape index (κ2) is 9.26. The maximum absolute atomic E-state index is 12.5. The average molecular weight is 435 g/mol. The highest BCUT2D eigenvalue weighted by atomic mass is 32.1. The van der Waals surface area contributed by atoms with E-state index in [0.717, 1.165) is 62.6 Å². The molecule has 0 radical (unpaired) electrons. The van der Waals surface area contributed by atoms with Crippen LogP contribution in [0.4, 0.5) is 11.6 Å². The number of morpholine rings is 1. The van der Waals surface area contributed by atoms with Gasteiger partial charge in [-0.3, -0.25) is 9.69 Å². The third kappa shape index (κ3) is 4.84. The van der Waals surface area contributed by atoms with Crippen molar-refractivity contribution in [1.29, 1.82) is 0 Å². The monoisotopic (exact) mass is 434 g/mol. The molecule has 1 saturated heterocycles. The van der Waals surface area contributed by atoms with Gasteiger partial charge < -0.3 is 10.1 Å². The van der Waals surface area contributed by atoms with Crippen molar-refractivity contribution in [3.05, 3.63) is 57.9 Å². The normalized spacial score (nSPS) is 15.9. The number of aromatic nitrogens is 2. The summed E-state index contributed by atoms with van der Waals surface area (Å²) in [7, 11) is 0. The van der Waals surface area contributed by atoms with E-state index < -0.39 is 0 Å².